The Morgan fingerprint density at radius 3 is 3.00 bits per heavy atom. The zero-order valence-corrected chi connectivity index (χ0v) is 16.8. The minimum absolute atomic E-state index is 0.260. The lowest BCUT2D eigenvalue weighted by Crippen LogP contribution is -2.38. The minimum atomic E-state index is -0.310. The number of β-amino-alcohol motifs (C(OH)–C–C–N with tert-alkyl or cyclic N) is 1. The van der Waals surface area contributed by atoms with E-state index in [2.05, 4.69) is 53.9 Å². The maximum Gasteiger partial charge on any atom is 0.134 e. The van der Waals surface area contributed by atoms with Crippen LogP contribution in [0.2, 0.25) is 0 Å². The molecule has 2 N–H and O–H groups in total. The van der Waals surface area contributed by atoms with Crippen LogP contribution in [0.15, 0.2) is 12.4 Å². The molecule has 1 saturated heterocycles. The average Bonchev–Trinajstić information content (AvgIpc) is 3.25. The summed E-state index contributed by atoms with van der Waals surface area (Å²) in [6.07, 6.45) is 6.31. The molecule has 0 radical (unpaired) electrons. The van der Waals surface area contributed by atoms with Crippen LogP contribution < -0.4 is 10.2 Å². The van der Waals surface area contributed by atoms with Crippen molar-refractivity contribution in [2.45, 2.75) is 50.8 Å². The maximum absolute atomic E-state index is 10.1. The summed E-state index contributed by atoms with van der Waals surface area (Å²) >= 11 is 0. The summed E-state index contributed by atoms with van der Waals surface area (Å²) in [5.41, 5.74) is 0. The van der Waals surface area contributed by atoms with Gasteiger partial charge in [0.05, 0.1) is 6.10 Å². The minimum Gasteiger partial charge on any atom is -0.391 e. The fraction of sp³-hybridized carbons (Fsp3) is 0.684. The van der Waals surface area contributed by atoms with E-state index >= 15 is 0 Å². The topological polar surface area (TPSA) is 95.2 Å². The first-order valence-corrected chi connectivity index (χ1v) is 10.2. The molecule has 4 rings (SSSR count). The summed E-state index contributed by atoms with van der Waals surface area (Å²) in [4.78, 5) is 13.1. The molecule has 0 aromatic carbocycles. The van der Waals surface area contributed by atoms with Crippen LogP contribution in [-0.4, -0.2) is 80.6 Å². The van der Waals surface area contributed by atoms with Crippen LogP contribution in [0, 0.1) is 0 Å². The molecule has 0 amide bonds. The van der Waals surface area contributed by atoms with E-state index in [9.17, 15) is 5.11 Å². The van der Waals surface area contributed by atoms with Gasteiger partial charge in [-0.2, -0.15) is 0 Å². The SMILES string of the molecule is CN(C)C[C@H]1C[C@@H](O)CN1c1cc(NCCc2nnc3n2CCCC3)ncn1. The Morgan fingerprint density at radius 1 is 1.25 bits per heavy atom. The second-order valence-corrected chi connectivity index (χ2v) is 8.04. The molecule has 2 aliphatic rings. The highest BCUT2D eigenvalue weighted by atomic mass is 16.3. The number of hydrogen-bond donors (Lipinski definition) is 2. The van der Waals surface area contributed by atoms with E-state index in [-0.39, 0.29) is 12.1 Å². The van der Waals surface area contributed by atoms with Crippen LogP contribution in [0.5, 0.6) is 0 Å². The molecule has 152 valence electrons. The molecular formula is C19H30N8O. The zero-order chi connectivity index (χ0) is 19.5. The van der Waals surface area contributed by atoms with Gasteiger partial charge in [-0.3, -0.25) is 0 Å². The highest BCUT2D eigenvalue weighted by Crippen LogP contribution is 2.25. The van der Waals surface area contributed by atoms with E-state index in [0.717, 1.165) is 62.2 Å². The summed E-state index contributed by atoms with van der Waals surface area (Å²) in [6.45, 7) is 3.28. The Labute approximate surface area is 165 Å². The van der Waals surface area contributed by atoms with Crippen molar-refractivity contribution >= 4 is 11.6 Å². The van der Waals surface area contributed by atoms with Gasteiger partial charge in [-0.15, -0.1) is 10.2 Å². The molecule has 0 bridgehead atoms. The number of aliphatic hydroxyl groups excluding tert-OH is 1. The third-order valence-electron chi connectivity index (χ3n) is 5.51. The number of nitrogens with one attached hydrogen (secondary N) is 1. The van der Waals surface area contributed by atoms with Gasteiger partial charge in [-0.05, 0) is 33.4 Å². The first kappa shape index (κ1) is 19.1. The first-order valence-electron chi connectivity index (χ1n) is 10.2. The molecule has 2 aromatic heterocycles. The predicted octanol–water partition coefficient (Wildman–Crippen LogP) is 0.560. The van der Waals surface area contributed by atoms with Crippen LogP contribution in [-0.2, 0) is 19.4 Å². The second kappa shape index (κ2) is 8.40. The third-order valence-corrected chi connectivity index (χ3v) is 5.51. The Hall–Kier alpha value is -2.26. The molecule has 9 heteroatoms. The fourth-order valence-corrected chi connectivity index (χ4v) is 4.22. The Morgan fingerprint density at radius 2 is 2.14 bits per heavy atom. The van der Waals surface area contributed by atoms with Gasteiger partial charge in [0.2, 0.25) is 0 Å². The number of nitrogens with zero attached hydrogens (tertiary/aromatic N) is 7. The van der Waals surface area contributed by atoms with Gasteiger partial charge in [0.1, 0.15) is 29.6 Å². The van der Waals surface area contributed by atoms with Crippen LogP contribution in [0.1, 0.15) is 30.9 Å². The van der Waals surface area contributed by atoms with Gasteiger partial charge in [0.15, 0.2) is 0 Å². The molecule has 0 unspecified atom stereocenters. The van der Waals surface area contributed by atoms with Gasteiger partial charge in [-0.25, -0.2) is 9.97 Å². The van der Waals surface area contributed by atoms with Crippen molar-refractivity contribution in [2.24, 2.45) is 0 Å². The summed E-state index contributed by atoms with van der Waals surface area (Å²) in [7, 11) is 4.11. The normalized spacial score (nSPS) is 21.9. The van der Waals surface area contributed by atoms with Gasteiger partial charge in [0, 0.05) is 51.1 Å². The Balaban J connectivity index is 1.38. The largest absolute Gasteiger partial charge is 0.391 e. The molecule has 4 heterocycles. The summed E-state index contributed by atoms with van der Waals surface area (Å²) in [6, 6.07) is 2.23. The van der Waals surface area contributed by atoms with E-state index in [1.54, 1.807) is 6.33 Å². The number of aromatic nitrogens is 5. The lowest BCUT2D eigenvalue weighted by molar-refractivity contribution is 0.191. The van der Waals surface area contributed by atoms with E-state index in [0.29, 0.717) is 6.54 Å². The molecule has 2 atom stereocenters. The van der Waals surface area contributed by atoms with Gasteiger partial charge >= 0.3 is 0 Å². The van der Waals surface area contributed by atoms with Crippen molar-refractivity contribution < 1.29 is 5.11 Å². The van der Waals surface area contributed by atoms with E-state index in [1.807, 2.05) is 6.07 Å². The van der Waals surface area contributed by atoms with Gasteiger partial charge in [-0.1, -0.05) is 0 Å². The van der Waals surface area contributed by atoms with Gasteiger partial charge in [0.25, 0.3) is 0 Å². The lowest BCUT2D eigenvalue weighted by Gasteiger charge is -2.27. The van der Waals surface area contributed by atoms with Crippen LogP contribution in [0.4, 0.5) is 11.6 Å². The van der Waals surface area contributed by atoms with E-state index < -0.39 is 0 Å². The Bertz CT molecular complexity index is 792. The van der Waals surface area contributed by atoms with Crippen molar-refractivity contribution in [1.29, 1.82) is 0 Å². The van der Waals surface area contributed by atoms with Crippen molar-refractivity contribution in [3.05, 3.63) is 24.0 Å². The highest BCUT2D eigenvalue weighted by Gasteiger charge is 2.32. The summed E-state index contributed by atoms with van der Waals surface area (Å²) in [5.74, 6) is 3.82. The molecule has 0 spiro atoms. The number of rotatable bonds is 7. The van der Waals surface area contributed by atoms with Crippen LogP contribution >= 0.6 is 0 Å². The highest BCUT2D eigenvalue weighted by molar-refractivity contribution is 5.50. The number of hydrogen-bond acceptors (Lipinski definition) is 8. The number of likely N-dealkylation sites (N-methyl/N-ethyl adjacent to an activating group) is 1. The number of aliphatic hydroxyl groups is 1. The number of aryl methyl sites for hydroxylation is 1. The van der Waals surface area contributed by atoms with E-state index in [1.165, 1.54) is 12.8 Å². The summed E-state index contributed by atoms with van der Waals surface area (Å²) < 4.78 is 2.26. The van der Waals surface area contributed by atoms with Crippen molar-refractivity contribution in [1.82, 2.24) is 29.6 Å². The van der Waals surface area contributed by atoms with E-state index in [4.69, 9.17) is 0 Å². The molecule has 1 fully saturated rings. The van der Waals surface area contributed by atoms with Crippen molar-refractivity contribution in [2.75, 3.05) is 43.9 Å². The van der Waals surface area contributed by atoms with Crippen molar-refractivity contribution in [3.8, 4) is 0 Å². The van der Waals surface area contributed by atoms with Crippen LogP contribution in [0.25, 0.3) is 0 Å². The zero-order valence-electron chi connectivity index (χ0n) is 16.8. The monoisotopic (exact) mass is 386 g/mol. The van der Waals surface area contributed by atoms with Gasteiger partial charge < -0.3 is 24.8 Å². The third kappa shape index (κ3) is 4.25. The lowest BCUT2D eigenvalue weighted by atomic mass is 10.1. The molecular weight excluding hydrogens is 356 g/mol. The number of anilines is 2. The molecule has 0 aliphatic carbocycles. The molecule has 2 aromatic rings. The standard InChI is InChI=1S/C19H30N8O/c1-25(2)11-14-9-15(28)12-27(14)19-10-16(21-13-22-19)20-7-6-18-24-23-17-5-3-4-8-26(17)18/h10,13-15,28H,3-9,11-12H2,1-2H3,(H,20,21,22)/t14-,15-/m1/s1. The quantitative estimate of drug-likeness (QED) is 0.713. The second-order valence-electron chi connectivity index (χ2n) is 8.04. The summed E-state index contributed by atoms with van der Waals surface area (Å²) in [5, 5.41) is 22.2. The van der Waals surface area contributed by atoms with Crippen molar-refractivity contribution in [3.63, 3.8) is 0 Å². The molecule has 9 nitrogen and oxygen atoms in total. The Kier molecular flexibility index (Phi) is 5.72. The smallest absolute Gasteiger partial charge is 0.134 e. The molecule has 0 saturated carbocycles. The first-order chi connectivity index (χ1) is 13.6. The molecule has 2 aliphatic heterocycles. The van der Waals surface area contributed by atoms with Crippen LogP contribution in [0.3, 0.4) is 0 Å². The maximum atomic E-state index is 10.1. The predicted molar refractivity (Wildman–Crippen MR) is 107 cm³/mol. The fourth-order valence-electron chi connectivity index (χ4n) is 4.22. The number of fused-ring (bicyclic) bond motifs is 1. The average molecular weight is 387 g/mol. The molecule has 28 heavy (non-hydrogen) atoms.